The summed E-state index contributed by atoms with van der Waals surface area (Å²) in [4.78, 5) is 12.1. The van der Waals surface area contributed by atoms with E-state index in [1.54, 1.807) is 0 Å². The van der Waals surface area contributed by atoms with Crippen molar-refractivity contribution in [2.75, 3.05) is 20.3 Å². The molecule has 0 aromatic heterocycles. The van der Waals surface area contributed by atoms with Gasteiger partial charge in [-0.3, -0.25) is 4.79 Å². The van der Waals surface area contributed by atoms with Crippen LogP contribution < -0.4 is 5.32 Å². The van der Waals surface area contributed by atoms with E-state index in [0.29, 0.717) is 12.5 Å². The second-order valence-electron chi connectivity index (χ2n) is 6.17. The summed E-state index contributed by atoms with van der Waals surface area (Å²) >= 11 is 0. The fourth-order valence-electron chi connectivity index (χ4n) is 3.10. The molecule has 0 aromatic carbocycles. The van der Waals surface area contributed by atoms with Crippen LogP contribution in [-0.2, 0) is 14.3 Å². The first-order valence-corrected chi connectivity index (χ1v) is 8.59. The van der Waals surface area contributed by atoms with Crippen LogP contribution in [0.25, 0.3) is 0 Å². The highest BCUT2D eigenvalue weighted by Crippen LogP contribution is 2.33. The maximum atomic E-state index is 12.1. The first-order valence-electron chi connectivity index (χ1n) is 8.59. The number of likely N-dealkylation sites (N-methyl/N-ethyl adjacent to an activating group) is 1. The van der Waals surface area contributed by atoms with Gasteiger partial charge in [0.2, 0.25) is 0 Å². The molecule has 1 rings (SSSR count). The van der Waals surface area contributed by atoms with Gasteiger partial charge in [0.1, 0.15) is 5.54 Å². The number of carbonyl (C=O) groups is 1. The number of hydrogen-bond donors (Lipinski definition) is 1. The van der Waals surface area contributed by atoms with E-state index in [2.05, 4.69) is 19.2 Å². The molecule has 1 N–H and O–H groups in total. The fraction of sp³-hybridized carbons (Fsp3) is 0.941. The van der Waals surface area contributed by atoms with E-state index in [1.807, 2.05) is 14.0 Å². The van der Waals surface area contributed by atoms with Gasteiger partial charge in [-0.05, 0) is 39.2 Å². The van der Waals surface area contributed by atoms with Gasteiger partial charge in [-0.15, -0.1) is 0 Å². The molecule has 4 nitrogen and oxygen atoms in total. The van der Waals surface area contributed by atoms with Gasteiger partial charge >= 0.3 is 5.97 Å². The van der Waals surface area contributed by atoms with Crippen LogP contribution in [0.2, 0.25) is 0 Å². The third-order valence-corrected chi connectivity index (χ3v) is 4.72. The van der Waals surface area contributed by atoms with Gasteiger partial charge in [0.15, 0.2) is 0 Å². The van der Waals surface area contributed by atoms with Crippen LogP contribution in [0.1, 0.15) is 65.7 Å². The summed E-state index contributed by atoms with van der Waals surface area (Å²) in [6.45, 7) is 7.57. The van der Waals surface area contributed by atoms with Crippen molar-refractivity contribution in [1.82, 2.24) is 5.32 Å². The number of rotatable bonds is 10. The molecule has 0 amide bonds. The summed E-state index contributed by atoms with van der Waals surface area (Å²) in [7, 11) is 1.84. The normalized spacial score (nSPS) is 26.8. The van der Waals surface area contributed by atoms with Crippen LogP contribution in [0.4, 0.5) is 0 Å². The molecule has 1 aliphatic carbocycles. The number of unbranched alkanes of at least 4 members (excludes halogenated alkanes) is 1. The minimum atomic E-state index is -0.536. The highest BCUT2D eigenvalue weighted by atomic mass is 16.5. The topological polar surface area (TPSA) is 47.6 Å². The zero-order valence-corrected chi connectivity index (χ0v) is 14.2. The Hall–Kier alpha value is -0.610. The lowest BCUT2D eigenvalue weighted by atomic mass is 9.98. The molecule has 0 heterocycles. The van der Waals surface area contributed by atoms with Crippen molar-refractivity contribution in [1.29, 1.82) is 0 Å². The SMILES string of the molecule is CCCCC(CC)COC1CCC(NC)(C(=O)OCC)C1. The Morgan fingerprint density at radius 2 is 2.14 bits per heavy atom. The van der Waals surface area contributed by atoms with Crippen molar-refractivity contribution < 1.29 is 14.3 Å². The van der Waals surface area contributed by atoms with E-state index in [1.165, 1.54) is 25.7 Å². The van der Waals surface area contributed by atoms with Gasteiger partial charge in [-0.1, -0.05) is 33.1 Å². The van der Waals surface area contributed by atoms with Crippen molar-refractivity contribution in [3.05, 3.63) is 0 Å². The number of esters is 1. The van der Waals surface area contributed by atoms with E-state index in [9.17, 15) is 4.79 Å². The van der Waals surface area contributed by atoms with Gasteiger partial charge in [0, 0.05) is 13.0 Å². The van der Waals surface area contributed by atoms with Gasteiger partial charge in [0.05, 0.1) is 12.7 Å². The van der Waals surface area contributed by atoms with E-state index in [0.717, 1.165) is 25.9 Å². The molecule has 21 heavy (non-hydrogen) atoms. The lowest BCUT2D eigenvalue weighted by Gasteiger charge is -2.26. The third-order valence-electron chi connectivity index (χ3n) is 4.72. The van der Waals surface area contributed by atoms with Crippen LogP contribution in [0.15, 0.2) is 0 Å². The molecule has 1 aliphatic rings. The second-order valence-corrected chi connectivity index (χ2v) is 6.17. The molecule has 4 heteroatoms. The molecule has 1 saturated carbocycles. The lowest BCUT2D eigenvalue weighted by molar-refractivity contribution is -0.151. The van der Waals surface area contributed by atoms with Crippen molar-refractivity contribution in [3.8, 4) is 0 Å². The Morgan fingerprint density at radius 3 is 2.71 bits per heavy atom. The maximum absolute atomic E-state index is 12.1. The summed E-state index contributed by atoms with van der Waals surface area (Å²) in [6, 6.07) is 0. The molecular formula is C17H33NO3. The Kier molecular flexibility index (Phi) is 8.27. The monoisotopic (exact) mass is 299 g/mol. The zero-order chi connectivity index (χ0) is 15.7. The summed E-state index contributed by atoms with van der Waals surface area (Å²) in [5.41, 5.74) is -0.536. The zero-order valence-electron chi connectivity index (χ0n) is 14.2. The number of hydrogen-bond acceptors (Lipinski definition) is 4. The van der Waals surface area contributed by atoms with Gasteiger partial charge < -0.3 is 14.8 Å². The van der Waals surface area contributed by atoms with E-state index in [-0.39, 0.29) is 12.1 Å². The average Bonchev–Trinajstić information content (AvgIpc) is 2.93. The predicted molar refractivity (Wildman–Crippen MR) is 85.3 cm³/mol. The van der Waals surface area contributed by atoms with Crippen molar-refractivity contribution in [2.24, 2.45) is 5.92 Å². The van der Waals surface area contributed by atoms with Crippen LogP contribution >= 0.6 is 0 Å². The molecule has 124 valence electrons. The van der Waals surface area contributed by atoms with Crippen molar-refractivity contribution in [2.45, 2.75) is 77.4 Å². The van der Waals surface area contributed by atoms with E-state index in [4.69, 9.17) is 9.47 Å². The van der Waals surface area contributed by atoms with Crippen LogP contribution in [0.5, 0.6) is 0 Å². The Labute approximate surface area is 130 Å². The second kappa shape index (κ2) is 9.42. The summed E-state index contributed by atoms with van der Waals surface area (Å²) in [5.74, 6) is 0.522. The maximum Gasteiger partial charge on any atom is 0.326 e. The standard InChI is InChI=1S/C17H33NO3/c1-5-8-9-14(6-2)13-21-15-10-11-17(12-15,18-4)16(19)20-7-3/h14-15,18H,5-13H2,1-4H3. The molecular weight excluding hydrogens is 266 g/mol. The summed E-state index contributed by atoms with van der Waals surface area (Å²) < 4.78 is 11.3. The minimum Gasteiger partial charge on any atom is -0.465 e. The number of carbonyl (C=O) groups excluding carboxylic acids is 1. The van der Waals surface area contributed by atoms with Crippen LogP contribution in [-0.4, -0.2) is 37.9 Å². The minimum absolute atomic E-state index is 0.128. The molecule has 3 unspecified atom stereocenters. The predicted octanol–water partition coefficient (Wildman–Crippen LogP) is 3.29. The number of nitrogens with one attached hydrogen (secondary N) is 1. The highest BCUT2D eigenvalue weighted by molar-refractivity contribution is 5.81. The molecule has 0 radical (unpaired) electrons. The molecule has 3 atom stereocenters. The van der Waals surface area contributed by atoms with E-state index < -0.39 is 5.54 Å². The summed E-state index contributed by atoms with van der Waals surface area (Å²) in [6.07, 6.45) is 7.57. The van der Waals surface area contributed by atoms with Crippen LogP contribution in [0.3, 0.4) is 0 Å². The Morgan fingerprint density at radius 1 is 1.38 bits per heavy atom. The number of ether oxygens (including phenoxy) is 2. The lowest BCUT2D eigenvalue weighted by Crippen LogP contribution is -2.49. The van der Waals surface area contributed by atoms with E-state index >= 15 is 0 Å². The molecule has 0 aromatic rings. The largest absolute Gasteiger partial charge is 0.465 e. The molecule has 0 saturated heterocycles. The van der Waals surface area contributed by atoms with Crippen molar-refractivity contribution >= 4 is 5.97 Å². The molecule has 1 fully saturated rings. The quantitative estimate of drug-likeness (QED) is 0.629. The van der Waals surface area contributed by atoms with Gasteiger partial charge in [0.25, 0.3) is 0 Å². The first kappa shape index (κ1) is 18.4. The van der Waals surface area contributed by atoms with Gasteiger partial charge in [-0.25, -0.2) is 0 Å². The molecule has 0 bridgehead atoms. The fourth-order valence-corrected chi connectivity index (χ4v) is 3.10. The smallest absolute Gasteiger partial charge is 0.326 e. The van der Waals surface area contributed by atoms with Crippen molar-refractivity contribution in [3.63, 3.8) is 0 Å². The Balaban J connectivity index is 2.43. The van der Waals surface area contributed by atoms with Crippen LogP contribution in [0, 0.1) is 5.92 Å². The Bertz CT molecular complexity index is 308. The first-order chi connectivity index (χ1) is 10.1. The third kappa shape index (κ3) is 5.26. The average molecular weight is 299 g/mol. The molecule has 0 aliphatic heterocycles. The van der Waals surface area contributed by atoms with Gasteiger partial charge in [-0.2, -0.15) is 0 Å². The summed E-state index contributed by atoms with van der Waals surface area (Å²) in [5, 5.41) is 3.17. The highest BCUT2D eigenvalue weighted by Gasteiger charge is 2.45. The molecule has 0 spiro atoms.